The minimum Gasteiger partial charge on any atom is -0.454 e. The summed E-state index contributed by atoms with van der Waals surface area (Å²) < 4.78 is 10.8. The van der Waals surface area contributed by atoms with Crippen molar-refractivity contribution in [3.05, 3.63) is 76.4 Å². The second-order valence-electron chi connectivity index (χ2n) is 7.94. The van der Waals surface area contributed by atoms with Crippen LogP contribution in [0.5, 0.6) is 11.5 Å². The van der Waals surface area contributed by atoms with E-state index in [-0.39, 0.29) is 25.9 Å². The molecule has 0 spiro atoms. The quantitative estimate of drug-likeness (QED) is 0.397. The molecule has 8 nitrogen and oxygen atoms in total. The van der Waals surface area contributed by atoms with Gasteiger partial charge in [0.2, 0.25) is 6.79 Å². The highest BCUT2D eigenvalue weighted by Gasteiger charge is 2.24. The van der Waals surface area contributed by atoms with Crippen LogP contribution in [-0.2, 0) is 13.1 Å². The maximum atomic E-state index is 13.5. The van der Waals surface area contributed by atoms with Crippen LogP contribution >= 0.6 is 11.3 Å². The molecule has 3 heterocycles. The van der Waals surface area contributed by atoms with Gasteiger partial charge in [-0.15, -0.1) is 11.3 Å². The summed E-state index contributed by atoms with van der Waals surface area (Å²) in [7, 11) is 0. The molecule has 174 valence electrons. The van der Waals surface area contributed by atoms with Gasteiger partial charge in [0.1, 0.15) is 17.0 Å². The smallest absolute Gasteiger partial charge is 0.264 e. The Labute approximate surface area is 200 Å². The highest BCUT2D eigenvalue weighted by molar-refractivity contribution is 7.20. The van der Waals surface area contributed by atoms with Crippen molar-refractivity contribution in [3.63, 3.8) is 0 Å². The first-order valence-corrected chi connectivity index (χ1v) is 11.8. The molecular weight excluding hydrogens is 452 g/mol. The van der Waals surface area contributed by atoms with Crippen LogP contribution in [0.25, 0.3) is 10.2 Å². The van der Waals surface area contributed by atoms with Gasteiger partial charge in [-0.1, -0.05) is 36.4 Å². The van der Waals surface area contributed by atoms with E-state index in [4.69, 9.17) is 9.47 Å². The van der Waals surface area contributed by atoms with Crippen molar-refractivity contribution in [1.29, 1.82) is 0 Å². The van der Waals surface area contributed by atoms with Crippen LogP contribution in [0.1, 0.15) is 26.4 Å². The number of nitrogens with one attached hydrogen (secondary N) is 1. The molecule has 5 rings (SSSR count). The van der Waals surface area contributed by atoms with Crippen LogP contribution in [0, 0.1) is 6.92 Å². The molecule has 1 amide bonds. The standard InChI is InChI=1S/C25H24N4O4S/c1-16-21-23(26-12-18-7-8-19-20(11-18)33-15-32-19)27-14-28-24(21)34-22(16)25(31)29(9-10-30)13-17-5-3-2-4-6-17/h2-8,11,14,30H,9-10,12-13,15H2,1H3,(H,26,27,28). The van der Waals surface area contributed by atoms with Gasteiger partial charge in [-0.3, -0.25) is 4.79 Å². The summed E-state index contributed by atoms with van der Waals surface area (Å²) in [5.74, 6) is 2.02. The average Bonchev–Trinajstić information content (AvgIpc) is 3.47. The van der Waals surface area contributed by atoms with E-state index in [9.17, 15) is 9.90 Å². The number of carbonyl (C=O) groups excluding carboxylic acids is 1. The average molecular weight is 477 g/mol. The molecular formula is C25H24N4O4S. The predicted octanol–water partition coefficient (Wildman–Crippen LogP) is 3.98. The number of aryl methyl sites for hydroxylation is 1. The van der Waals surface area contributed by atoms with Crippen molar-refractivity contribution in [3.8, 4) is 11.5 Å². The van der Waals surface area contributed by atoms with Crippen LogP contribution in [0.15, 0.2) is 54.9 Å². The summed E-state index contributed by atoms with van der Waals surface area (Å²) in [6.45, 7) is 3.26. The lowest BCUT2D eigenvalue weighted by atomic mass is 10.1. The van der Waals surface area contributed by atoms with E-state index in [1.54, 1.807) is 4.90 Å². The number of aliphatic hydroxyl groups is 1. The van der Waals surface area contributed by atoms with E-state index in [0.717, 1.165) is 38.4 Å². The summed E-state index contributed by atoms with van der Waals surface area (Å²) in [5, 5.41) is 13.8. The van der Waals surface area contributed by atoms with E-state index in [0.29, 0.717) is 23.8 Å². The Morgan fingerprint density at radius 3 is 2.76 bits per heavy atom. The Hall–Kier alpha value is -3.69. The predicted molar refractivity (Wildman–Crippen MR) is 130 cm³/mol. The molecule has 0 radical (unpaired) electrons. The Morgan fingerprint density at radius 1 is 1.12 bits per heavy atom. The van der Waals surface area contributed by atoms with E-state index in [2.05, 4.69) is 15.3 Å². The minimum atomic E-state index is -0.125. The molecule has 2 aromatic heterocycles. The van der Waals surface area contributed by atoms with Gasteiger partial charge in [0, 0.05) is 19.6 Å². The van der Waals surface area contributed by atoms with Gasteiger partial charge in [0.05, 0.1) is 16.9 Å². The Bertz CT molecular complexity index is 1330. The zero-order valence-electron chi connectivity index (χ0n) is 18.7. The SMILES string of the molecule is Cc1c(C(=O)N(CCO)Cc2ccccc2)sc2ncnc(NCc3ccc4c(c3)OCO4)c12. The number of benzene rings is 2. The minimum absolute atomic E-state index is 0.106. The number of aliphatic hydroxyl groups excluding tert-OH is 1. The lowest BCUT2D eigenvalue weighted by Crippen LogP contribution is -2.33. The number of amides is 1. The van der Waals surface area contributed by atoms with E-state index < -0.39 is 0 Å². The molecule has 0 unspecified atom stereocenters. The fraction of sp³-hybridized carbons (Fsp3) is 0.240. The Morgan fingerprint density at radius 2 is 1.94 bits per heavy atom. The second-order valence-corrected chi connectivity index (χ2v) is 8.93. The summed E-state index contributed by atoms with van der Waals surface area (Å²) >= 11 is 1.35. The summed E-state index contributed by atoms with van der Waals surface area (Å²) in [6, 6.07) is 15.6. The molecule has 0 fully saturated rings. The Kier molecular flexibility index (Phi) is 6.29. The van der Waals surface area contributed by atoms with Gasteiger partial charge in [-0.25, -0.2) is 9.97 Å². The molecule has 0 saturated heterocycles. The monoisotopic (exact) mass is 476 g/mol. The van der Waals surface area contributed by atoms with E-state index in [1.165, 1.54) is 17.7 Å². The molecule has 4 aromatic rings. The fourth-order valence-corrected chi connectivity index (χ4v) is 5.08. The topological polar surface area (TPSA) is 96.8 Å². The maximum absolute atomic E-state index is 13.5. The van der Waals surface area contributed by atoms with Crippen LogP contribution in [0.4, 0.5) is 5.82 Å². The molecule has 2 N–H and O–H groups in total. The van der Waals surface area contributed by atoms with Crippen molar-refractivity contribution in [2.75, 3.05) is 25.3 Å². The number of hydrogen-bond donors (Lipinski definition) is 2. The van der Waals surface area contributed by atoms with Crippen LogP contribution in [0.2, 0.25) is 0 Å². The highest BCUT2D eigenvalue weighted by atomic mass is 32.1. The normalized spacial score (nSPS) is 12.2. The highest BCUT2D eigenvalue weighted by Crippen LogP contribution is 2.35. The first kappa shape index (κ1) is 22.1. The number of fused-ring (bicyclic) bond motifs is 2. The third-order valence-corrected chi connectivity index (χ3v) is 6.88. The summed E-state index contributed by atoms with van der Waals surface area (Å²) in [6.07, 6.45) is 1.50. The third-order valence-electron chi connectivity index (χ3n) is 5.69. The van der Waals surface area contributed by atoms with E-state index in [1.807, 2.05) is 55.5 Å². The van der Waals surface area contributed by atoms with Crippen molar-refractivity contribution in [2.45, 2.75) is 20.0 Å². The van der Waals surface area contributed by atoms with Gasteiger partial charge in [0.15, 0.2) is 11.5 Å². The molecule has 0 bridgehead atoms. The zero-order valence-corrected chi connectivity index (χ0v) is 19.5. The zero-order chi connectivity index (χ0) is 23.5. The molecule has 9 heteroatoms. The fourth-order valence-electron chi connectivity index (χ4n) is 3.97. The summed E-state index contributed by atoms with van der Waals surface area (Å²) in [5.41, 5.74) is 2.86. The molecule has 34 heavy (non-hydrogen) atoms. The Balaban J connectivity index is 1.40. The first-order chi connectivity index (χ1) is 16.6. The van der Waals surface area contributed by atoms with Crippen molar-refractivity contribution in [1.82, 2.24) is 14.9 Å². The number of rotatable bonds is 8. The van der Waals surface area contributed by atoms with Gasteiger partial charge >= 0.3 is 0 Å². The van der Waals surface area contributed by atoms with Gasteiger partial charge in [-0.05, 0) is 35.7 Å². The number of carbonyl (C=O) groups is 1. The third kappa shape index (κ3) is 4.40. The number of anilines is 1. The van der Waals surface area contributed by atoms with Crippen LogP contribution in [0.3, 0.4) is 0 Å². The lowest BCUT2D eigenvalue weighted by Gasteiger charge is -2.21. The molecule has 0 atom stereocenters. The summed E-state index contributed by atoms with van der Waals surface area (Å²) in [4.78, 5) is 25.3. The van der Waals surface area contributed by atoms with Crippen molar-refractivity contribution >= 4 is 33.3 Å². The molecule has 1 aliphatic heterocycles. The largest absolute Gasteiger partial charge is 0.454 e. The number of hydrogen-bond acceptors (Lipinski definition) is 8. The lowest BCUT2D eigenvalue weighted by molar-refractivity contribution is 0.0712. The number of ether oxygens (including phenoxy) is 2. The maximum Gasteiger partial charge on any atom is 0.264 e. The molecule has 1 aliphatic rings. The van der Waals surface area contributed by atoms with Gasteiger partial charge in [-0.2, -0.15) is 0 Å². The number of nitrogens with zero attached hydrogens (tertiary/aromatic N) is 3. The van der Waals surface area contributed by atoms with Gasteiger partial charge in [0.25, 0.3) is 5.91 Å². The van der Waals surface area contributed by atoms with E-state index >= 15 is 0 Å². The van der Waals surface area contributed by atoms with Crippen LogP contribution in [-0.4, -0.2) is 45.8 Å². The number of thiophene rings is 1. The molecule has 2 aromatic carbocycles. The second kappa shape index (κ2) is 9.66. The van der Waals surface area contributed by atoms with Crippen LogP contribution < -0.4 is 14.8 Å². The van der Waals surface area contributed by atoms with Crippen molar-refractivity contribution < 1.29 is 19.4 Å². The number of aromatic nitrogens is 2. The van der Waals surface area contributed by atoms with Crippen molar-refractivity contribution in [2.24, 2.45) is 0 Å². The molecule has 0 saturated carbocycles. The first-order valence-electron chi connectivity index (χ1n) is 10.9. The van der Waals surface area contributed by atoms with Gasteiger partial charge < -0.3 is 24.8 Å². The molecule has 0 aliphatic carbocycles.